The Morgan fingerprint density at radius 1 is 1.35 bits per heavy atom. The molecule has 1 N–H and O–H groups in total. The van der Waals surface area contributed by atoms with Gasteiger partial charge in [-0.2, -0.15) is 0 Å². The van der Waals surface area contributed by atoms with Gasteiger partial charge in [0.1, 0.15) is 11.6 Å². The van der Waals surface area contributed by atoms with Crippen molar-refractivity contribution < 1.29 is 9.13 Å². The van der Waals surface area contributed by atoms with Gasteiger partial charge < -0.3 is 10.1 Å². The number of pyridine rings is 1. The first-order chi connectivity index (χ1) is 9.52. The minimum absolute atomic E-state index is 0.287. The molecule has 3 nitrogen and oxygen atoms in total. The number of aromatic nitrogens is 1. The van der Waals surface area contributed by atoms with Crippen LogP contribution in [0.3, 0.4) is 0 Å². The molecule has 0 aliphatic heterocycles. The van der Waals surface area contributed by atoms with Gasteiger partial charge in [0.2, 0.25) is 0 Å². The fraction of sp³-hybridized carbons (Fsp3) is 0.267. The molecule has 0 atom stereocenters. The number of aryl methyl sites for hydroxylation is 1. The molecule has 0 bridgehead atoms. The van der Waals surface area contributed by atoms with Crippen LogP contribution in [0.15, 0.2) is 28.9 Å². The Balaban J connectivity index is 2.21. The van der Waals surface area contributed by atoms with E-state index >= 15 is 0 Å². The first-order valence-electron chi connectivity index (χ1n) is 6.21. The highest BCUT2D eigenvalue weighted by Gasteiger charge is 2.10. The quantitative estimate of drug-likeness (QED) is 0.906. The van der Waals surface area contributed by atoms with Gasteiger partial charge in [0.25, 0.3) is 0 Å². The molecule has 0 radical (unpaired) electrons. The molecule has 2 aromatic rings. The monoisotopic (exact) mass is 338 g/mol. The number of methoxy groups -OCH3 is 1. The summed E-state index contributed by atoms with van der Waals surface area (Å²) >= 11 is 3.33. The summed E-state index contributed by atoms with van der Waals surface area (Å²) in [6.07, 6.45) is 1.76. The fourth-order valence-electron chi connectivity index (χ4n) is 2.06. The van der Waals surface area contributed by atoms with Gasteiger partial charge in [0.05, 0.1) is 25.0 Å². The number of benzene rings is 1. The molecule has 0 amide bonds. The minimum Gasteiger partial charge on any atom is -0.496 e. The molecule has 106 valence electrons. The van der Waals surface area contributed by atoms with E-state index in [9.17, 15) is 4.39 Å². The van der Waals surface area contributed by atoms with Crippen LogP contribution in [-0.2, 0) is 6.54 Å². The van der Waals surface area contributed by atoms with Gasteiger partial charge in [-0.25, -0.2) is 4.39 Å². The van der Waals surface area contributed by atoms with Gasteiger partial charge in [-0.3, -0.25) is 4.98 Å². The summed E-state index contributed by atoms with van der Waals surface area (Å²) in [5.74, 6) is 0.538. The molecule has 1 aromatic carbocycles. The molecular formula is C15H16BrFN2O. The average Bonchev–Trinajstić information content (AvgIpc) is 2.42. The van der Waals surface area contributed by atoms with E-state index in [2.05, 4.69) is 26.2 Å². The minimum atomic E-state index is -0.287. The van der Waals surface area contributed by atoms with Crippen LogP contribution in [0.2, 0.25) is 0 Å². The van der Waals surface area contributed by atoms with Crippen molar-refractivity contribution in [3.8, 4) is 5.75 Å². The molecule has 5 heteroatoms. The maximum absolute atomic E-state index is 13.7. The predicted octanol–water partition coefficient (Wildman–Crippen LogP) is 4.22. The molecule has 1 heterocycles. The van der Waals surface area contributed by atoms with Gasteiger partial charge in [-0.05, 0) is 32.0 Å². The zero-order chi connectivity index (χ0) is 14.7. The van der Waals surface area contributed by atoms with E-state index in [4.69, 9.17) is 4.74 Å². The number of nitrogens with one attached hydrogen (secondary N) is 1. The Morgan fingerprint density at radius 3 is 2.80 bits per heavy atom. The topological polar surface area (TPSA) is 34.1 Å². The van der Waals surface area contributed by atoms with Gasteiger partial charge in [-0.15, -0.1) is 0 Å². The molecule has 2 rings (SSSR count). The molecular weight excluding hydrogens is 323 g/mol. The van der Waals surface area contributed by atoms with Crippen LogP contribution in [0, 0.1) is 19.7 Å². The Bertz CT molecular complexity index is 632. The third-order valence-corrected chi connectivity index (χ3v) is 3.62. The van der Waals surface area contributed by atoms with E-state index in [1.807, 2.05) is 13.8 Å². The van der Waals surface area contributed by atoms with Gasteiger partial charge in [0, 0.05) is 21.8 Å². The second-order valence-electron chi connectivity index (χ2n) is 4.52. The predicted molar refractivity (Wildman–Crippen MR) is 81.7 cm³/mol. The van der Waals surface area contributed by atoms with Crippen molar-refractivity contribution in [2.45, 2.75) is 20.4 Å². The molecule has 0 spiro atoms. The summed E-state index contributed by atoms with van der Waals surface area (Å²) in [5, 5.41) is 3.06. The summed E-state index contributed by atoms with van der Waals surface area (Å²) < 4.78 is 19.8. The molecule has 0 unspecified atom stereocenters. The number of hydrogen-bond donors (Lipinski definition) is 1. The summed E-state index contributed by atoms with van der Waals surface area (Å²) in [6.45, 7) is 4.34. The smallest absolute Gasteiger partial charge is 0.146 e. The Labute approximate surface area is 126 Å². The number of halogens is 2. The standard InChI is InChI=1S/C15H16BrFN2O/c1-9-7-18-14(10(2)15(9)20-3)8-19-13-6-11(16)4-5-12(13)17/h4-7,19H,8H2,1-3H3. The highest BCUT2D eigenvalue weighted by molar-refractivity contribution is 9.10. The van der Waals surface area contributed by atoms with Crippen LogP contribution in [0.4, 0.5) is 10.1 Å². The van der Waals surface area contributed by atoms with Crippen LogP contribution in [-0.4, -0.2) is 12.1 Å². The molecule has 0 saturated heterocycles. The summed E-state index contributed by atoms with van der Waals surface area (Å²) in [4.78, 5) is 4.38. The van der Waals surface area contributed by atoms with E-state index in [1.54, 1.807) is 25.4 Å². The average molecular weight is 339 g/mol. The molecule has 1 aromatic heterocycles. The van der Waals surface area contributed by atoms with Gasteiger partial charge in [-0.1, -0.05) is 15.9 Å². The SMILES string of the molecule is COc1c(C)cnc(CNc2cc(Br)ccc2F)c1C. The van der Waals surface area contributed by atoms with E-state index in [-0.39, 0.29) is 5.82 Å². The number of hydrogen-bond acceptors (Lipinski definition) is 3. The Morgan fingerprint density at radius 2 is 2.10 bits per heavy atom. The normalized spacial score (nSPS) is 10.4. The van der Waals surface area contributed by atoms with Crippen molar-refractivity contribution in [3.05, 3.63) is 51.5 Å². The zero-order valence-electron chi connectivity index (χ0n) is 11.6. The molecule has 0 fully saturated rings. The Hall–Kier alpha value is -1.62. The number of anilines is 1. The van der Waals surface area contributed by atoms with E-state index in [1.165, 1.54) is 6.07 Å². The summed E-state index contributed by atoms with van der Waals surface area (Å²) in [7, 11) is 1.64. The lowest BCUT2D eigenvalue weighted by Crippen LogP contribution is -2.07. The van der Waals surface area contributed by atoms with Crippen molar-refractivity contribution in [2.75, 3.05) is 12.4 Å². The van der Waals surface area contributed by atoms with Crippen molar-refractivity contribution in [3.63, 3.8) is 0 Å². The number of nitrogens with zero attached hydrogens (tertiary/aromatic N) is 1. The van der Waals surface area contributed by atoms with E-state index in [0.29, 0.717) is 12.2 Å². The fourth-order valence-corrected chi connectivity index (χ4v) is 2.42. The van der Waals surface area contributed by atoms with Crippen molar-refractivity contribution >= 4 is 21.6 Å². The highest BCUT2D eigenvalue weighted by Crippen LogP contribution is 2.25. The maximum Gasteiger partial charge on any atom is 0.146 e. The van der Waals surface area contributed by atoms with Crippen LogP contribution >= 0.6 is 15.9 Å². The second-order valence-corrected chi connectivity index (χ2v) is 5.44. The number of rotatable bonds is 4. The zero-order valence-corrected chi connectivity index (χ0v) is 13.2. The number of ether oxygens (including phenoxy) is 1. The van der Waals surface area contributed by atoms with Crippen molar-refractivity contribution in [1.29, 1.82) is 0 Å². The third-order valence-electron chi connectivity index (χ3n) is 3.12. The first kappa shape index (κ1) is 14.8. The largest absolute Gasteiger partial charge is 0.496 e. The molecule has 0 aliphatic rings. The molecule has 20 heavy (non-hydrogen) atoms. The van der Waals surface area contributed by atoms with Crippen LogP contribution < -0.4 is 10.1 Å². The van der Waals surface area contributed by atoms with Gasteiger partial charge >= 0.3 is 0 Å². The van der Waals surface area contributed by atoms with E-state index < -0.39 is 0 Å². The summed E-state index contributed by atoms with van der Waals surface area (Å²) in [6, 6.07) is 4.79. The van der Waals surface area contributed by atoms with Crippen LogP contribution in [0.5, 0.6) is 5.75 Å². The van der Waals surface area contributed by atoms with E-state index in [0.717, 1.165) is 27.0 Å². The van der Waals surface area contributed by atoms with Gasteiger partial charge in [0.15, 0.2) is 0 Å². The molecule has 0 saturated carbocycles. The Kier molecular flexibility index (Phi) is 4.60. The molecule has 0 aliphatic carbocycles. The second kappa shape index (κ2) is 6.22. The van der Waals surface area contributed by atoms with Crippen LogP contribution in [0.25, 0.3) is 0 Å². The van der Waals surface area contributed by atoms with Crippen molar-refractivity contribution in [1.82, 2.24) is 4.98 Å². The van der Waals surface area contributed by atoms with Crippen molar-refractivity contribution in [2.24, 2.45) is 0 Å². The summed E-state index contributed by atoms with van der Waals surface area (Å²) in [5.41, 5.74) is 3.24. The lowest BCUT2D eigenvalue weighted by Gasteiger charge is -2.13. The van der Waals surface area contributed by atoms with Crippen LogP contribution in [0.1, 0.15) is 16.8 Å². The highest BCUT2D eigenvalue weighted by atomic mass is 79.9. The third kappa shape index (κ3) is 3.10. The lowest BCUT2D eigenvalue weighted by molar-refractivity contribution is 0.407. The maximum atomic E-state index is 13.7. The first-order valence-corrected chi connectivity index (χ1v) is 7.00. The lowest BCUT2D eigenvalue weighted by atomic mass is 10.1.